The minimum atomic E-state index is 0.224. The molecule has 0 radical (unpaired) electrons. The summed E-state index contributed by atoms with van der Waals surface area (Å²) in [6.07, 6.45) is 2.03. The van der Waals surface area contributed by atoms with E-state index >= 15 is 0 Å². The zero-order valence-electron chi connectivity index (χ0n) is 5.42. The van der Waals surface area contributed by atoms with Crippen LogP contribution < -0.4 is 0 Å². The summed E-state index contributed by atoms with van der Waals surface area (Å²) in [5.74, 6) is 0. The Hall–Kier alpha value is -0.230. The Balaban J connectivity index is 3.24. The van der Waals surface area contributed by atoms with Gasteiger partial charge in [0.25, 0.3) is 0 Å². The van der Waals surface area contributed by atoms with Crippen molar-refractivity contribution in [3.8, 4) is 0 Å². The molecule has 0 unspecified atom stereocenters. The molecule has 3 nitrogen and oxygen atoms in total. The molecule has 0 saturated carbocycles. The van der Waals surface area contributed by atoms with E-state index in [1.165, 1.54) is 6.33 Å². The summed E-state index contributed by atoms with van der Waals surface area (Å²) >= 11 is 7.73. The molecule has 1 aromatic rings. The highest BCUT2D eigenvalue weighted by molar-refractivity contribution is 14.1. The molecular formula is C6H4ClIN2O. The van der Waals surface area contributed by atoms with Crippen molar-refractivity contribution in [2.24, 2.45) is 0 Å². The minimum absolute atomic E-state index is 0.224. The smallest absolute Gasteiger partial charge is 0.155 e. The lowest BCUT2D eigenvalue weighted by Crippen LogP contribution is -1.96. The van der Waals surface area contributed by atoms with E-state index in [4.69, 9.17) is 11.6 Å². The largest absolute Gasteiger partial charge is 0.298 e. The number of alkyl halides is 1. The molecule has 0 bridgehead atoms. The van der Waals surface area contributed by atoms with E-state index in [9.17, 15) is 4.79 Å². The van der Waals surface area contributed by atoms with Crippen LogP contribution in [0.25, 0.3) is 0 Å². The molecule has 0 aliphatic rings. The van der Waals surface area contributed by atoms with Crippen molar-refractivity contribution in [1.82, 2.24) is 9.97 Å². The van der Waals surface area contributed by atoms with Crippen LogP contribution in [0.4, 0.5) is 0 Å². The number of nitrogens with zero attached hydrogens (tertiary/aromatic N) is 2. The van der Waals surface area contributed by atoms with Gasteiger partial charge in [-0.2, -0.15) is 0 Å². The Morgan fingerprint density at radius 3 is 2.82 bits per heavy atom. The Bertz CT molecular complexity index is 279. The van der Waals surface area contributed by atoms with Gasteiger partial charge in [0, 0.05) is 4.43 Å². The van der Waals surface area contributed by atoms with Crippen LogP contribution in [0.15, 0.2) is 6.33 Å². The second kappa shape index (κ2) is 3.96. The van der Waals surface area contributed by atoms with E-state index in [0.717, 1.165) is 0 Å². The van der Waals surface area contributed by atoms with Crippen LogP contribution in [-0.4, -0.2) is 16.3 Å². The fourth-order valence-electron chi connectivity index (χ4n) is 0.631. The topological polar surface area (TPSA) is 42.9 Å². The van der Waals surface area contributed by atoms with Gasteiger partial charge in [-0.1, -0.05) is 34.2 Å². The molecule has 58 valence electrons. The lowest BCUT2D eigenvalue weighted by Gasteiger charge is -1.98. The summed E-state index contributed by atoms with van der Waals surface area (Å²) in [4.78, 5) is 18.0. The molecule has 0 amide bonds. The fraction of sp³-hybridized carbons (Fsp3) is 0.167. The Labute approximate surface area is 82.3 Å². The van der Waals surface area contributed by atoms with Crippen LogP contribution in [0.1, 0.15) is 16.1 Å². The van der Waals surface area contributed by atoms with Crippen LogP contribution in [0.5, 0.6) is 0 Å². The Morgan fingerprint density at radius 1 is 1.64 bits per heavy atom. The van der Waals surface area contributed by atoms with Gasteiger partial charge in [-0.05, 0) is 0 Å². The van der Waals surface area contributed by atoms with Gasteiger partial charge in [-0.3, -0.25) is 4.79 Å². The molecule has 0 fully saturated rings. The zero-order chi connectivity index (χ0) is 8.27. The molecule has 0 N–H and O–H groups in total. The number of aldehydes is 1. The molecule has 0 aromatic carbocycles. The second-order valence-electron chi connectivity index (χ2n) is 1.78. The van der Waals surface area contributed by atoms with Crippen LogP contribution in [0.3, 0.4) is 0 Å². The third kappa shape index (κ3) is 1.87. The van der Waals surface area contributed by atoms with E-state index in [1.54, 1.807) is 0 Å². The van der Waals surface area contributed by atoms with Gasteiger partial charge in [0.05, 0.1) is 11.3 Å². The number of carbonyl (C=O) groups excluding carboxylic acids is 1. The fourth-order valence-corrected chi connectivity index (χ4v) is 1.44. The van der Waals surface area contributed by atoms with E-state index < -0.39 is 0 Å². The van der Waals surface area contributed by atoms with Crippen molar-refractivity contribution < 1.29 is 4.79 Å². The maximum Gasteiger partial charge on any atom is 0.155 e. The van der Waals surface area contributed by atoms with Gasteiger partial charge in [0.1, 0.15) is 11.5 Å². The van der Waals surface area contributed by atoms with Crippen LogP contribution >= 0.6 is 34.2 Å². The van der Waals surface area contributed by atoms with Crippen molar-refractivity contribution in [2.75, 3.05) is 0 Å². The van der Waals surface area contributed by atoms with Crippen molar-refractivity contribution >= 4 is 40.5 Å². The van der Waals surface area contributed by atoms with Crippen molar-refractivity contribution in [3.63, 3.8) is 0 Å². The number of halogens is 2. The normalized spacial score (nSPS) is 9.64. The van der Waals surface area contributed by atoms with Gasteiger partial charge in [0.2, 0.25) is 0 Å². The third-order valence-electron chi connectivity index (χ3n) is 1.16. The molecule has 11 heavy (non-hydrogen) atoms. The Morgan fingerprint density at radius 2 is 2.36 bits per heavy atom. The van der Waals surface area contributed by atoms with Gasteiger partial charge in [0.15, 0.2) is 6.29 Å². The van der Waals surface area contributed by atoms with E-state index in [-0.39, 0.29) is 5.15 Å². The molecule has 1 heterocycles. The third-order valence-corrected chi connectivity index (χ3v) is 2.19. The van der Waals surface area contributed by atoms with Crippen LogP contribution in [0.2, 0.25) is 5.15 Å². The Kier molecular flexibility index (Phi) is 3.19. The van der Waals surface area contributed by atoms with Crippen LogP contribution in [0, 0.1) is 0 Å². The number of hydrogen-bond acceptors (Lipinski definition) is 3. The zero-order valence-corrected chi connectivity index (χ0v) is 8.33. The standard InChI is InChI=1S/C6H4ClIN2O/c7-6-4(2-11)5(1-8)9-3-10-6/h2-3H,1H2. The molecule has 1 aromatic heterocycles. The number of rotatable bonds is 2. The average Bonchev–Trinajstić information content (AvgIpc) is 2.04. The summed E-state index contributed by atoms with van der Waals surface area (Å²) in [5, 5.41) is 0.224. The second-order valence-corrected chi connectivity index (χ2v) is 2.90. The van der Waals surface area contributed by atoms with E-state index in [0.29, 0.717) is 22.0 Å². The van der Waals surface area contributed by atoms with E-state index in [1.807, 2.05) is 0 Å². The van der Waals surface area contributed by atoms with Gasteiger partial charge >= 0.3 is 0 Å². The molecule has 0 saturated heterocycles. The van der Waals surface area contributed by atoms with Gasteiger partial charge in [-0.25, -0.2) is 9.97 Å². The minimum Gasteiger partial charge on any atom is -0.298 e. The summed E-state index contributed by atoms with van der Waals surface area (Å²) in [6.45, 7) is 0. The van der Waals surface area contributed by atoms with Crippen molar-refractivity contribution in [2.45, 2.75) is 4.43 Å². The van der Waals surface area contributed by atoms with Crippen LogP contribution in [-0.2, 0) is 4.43 Å². The summed E-state index contributed by atoms with van der Waals surface area (Å²) in [5.41, 5.74) is 1.07. The van der Waals surface area contributed by atoms with Gasteiger partial charge < -0.3 is 0 Å². The molecule has 5 heteroatoms. The summed E-state index contributed by atoms with van der Waals surface area (Å²) in [7, 11) is 0. The number of carbonyl (C=O) groups is 1. The van der Waals surface area contributed by atoms with Crippen molar-refractivity contribution in [3.05, 3.63) is 22.7 Å². The summed E-state index contributed by atoms with van der Waals surface area (Å²) in [6, 6.07) is 0. The highest BCUT2D eigenvalue weighted by Gasteiger charge is 2.06. The first-order chi connectivity index (χ1) is 5.29. The predicted octanol–water partition coefficient (Wildman–Crippen LogP) is 1.88. The molecule has 0 aliphatic carbocycles. The molecule has 0 atom stereocenters. The molecular weight excluding hydrogens is 278 g/mol. The highest BCUT2D eigenvalue weighted by Crippen LogP contribution is 2.14. The lowest BCUT2D eigenvalue weighted by atomic mass is 10.3. The summed E-state index contributed by atoms with van der Waals surface area (Å²) < 4.78 is 0.661. The highest BCUT2D eigenvalue weighted by atomic mass is 127. The SMILES string of the molecule is O=Cc1c(Cl)ncnc1CI. The lowest BCUT2D eigenvalue weighted by molar-refractivity contribution is 0.112. The number of hydrogen-bond donors (Lipinski definition) is 0. The maximum absolute atomic E-state index is 10.4. The predicted molar refractivity (Wildman–Crippen MR) is 50.2 cm³/mol. The van der Waals surface area contributed by atoms with Gasteiger partial charge in [-0.15, -0.1) is 0 Å². The van der Waals surface area contributed by atoms with Crippen molar-refractivity contribution in [1.29, 1.82) is 0 Å². The first kappa shape index (κ1) is 8.86. The molecule has 0 aliphatic heterocycles. The monoisotopic (exact) mass is 282 g/mol. The maximum atomic E-state index is 10.4. The number of aromatic nitrogens is 2. The molecule has 0 spiro atoms. The average molecular weight is 282 g/mol. The molecule has 1 rings (SSSR count). The quantitative estimate of drug-likeness (QED) is 0.360. The first-order valence-corrected chi connectivity index (χ1v) is 4.70. The van der Waals surface area contributed by atoms with E-state index in [2.05, 4.69) is 32.6 Å². The first-order valence-electron chi connectivity index (χ1n) is 2.80.